The van der Waals surface area contributed by atoms with Crippen molar-refractivity contribution in [1.29, 1.82) is 0 Å². The van der Waals surface area contributed by atoms with Crippen LogP contribution in [0.3, 0.4) is 0 Å². The fourth-order valence-electron chi connectivity index (χ4n) is 3.03. The Kier molecular flexibility index (Phi) is 4.34. The number of aryl methyl sites for hydroxylation is 2. The van der Waals surface area contributed by atoms with Gasteiger partial charge in [0.05, 0.1) is 5.92 Å². The molecule has 1 amide bonds. The van der Waals surface area contributed by atoms with Crippen LogP contribution in [0.5, 0.6) is 0 Å². The minimum Gasteiger partial charge on any atom is -0.356 e. The Hall–Kier alpha value is -2.10. The summed E-state index contributed by atoms with van der Waals surface area (Å²) < 4.78 is 1.89. The summed E-state index contributed by atoms with van der Waals surface area (Å²) in [7, 11) is 0. The van der Waals surface area contributed by atoms with Crippen LogP contribution in [-0.4, -0.2) is 22.2 Å². The molecular formula is C17H21N3O. The van der Waals surface area contributed by atoms with Crippen molar-refractivity contribution in [3.8, 4) is 0 Å². The monoisotopic (exact) mass is 283 g/mol. The first kappa shape index (κ1) is 13.9. The average Bonchev–Trinajstić information content (AvgIpc) is 3.04. The van der Waals surface area contributed by atoms with Gasteiger partial charge in [-0.1, -0.05) is 24.3 Å². The number of carbonyl (C=O) groups excluding carboxylic acids is 1. The molecule has 0 saturated carbocycles. The number of benzene rings is 1. The second-order valence-electron chi connectivity index (χ2n) is 5.56. The van der Waals surface area contributed by atoms with Crippen LogP contribution in [0.1, 0.15) is 36.3 Å². The molecule has 0 spiro atoms. The van der Waals surface area contributed by atoms with Gasteiger partial charge in [-0.25, -0.2) is 0 Å². The molecule has 4 heteroatoms. The molecule has 3 rings (SSSR count). The minimum absolute atomic E-state index is 0.0275. The third-order valence-corrected chi connectivity index (χ3v) is 4.11. The van der Waals surface area contributed by atoms with Crippen molar-refractivity contribution in [2.75, 3.05) is 6.54 Å². The molecule has 4 nitrogen and oxygen atoms in total. The van der Waals surface area contributed by atoms with Crippen molar-refractivity contribution < 1.29 is 4.79 Å². The van der Waals surface area contributed by atoms with Crippen molar-refractivity contribution >= 4 is 5.91 Å². The second kappa shape index (κ2) is 6.57. The zero-order valence-corrected chi connectivity index (χ0v) is 12.2. The first-order valence-corrected chi connectivity index (χ1v) is 7.67. The lowest BCUT2D eigenvalue weighted by Gasteiger charge is -2.24. The fraction of sp³-hybridized carbons (Fsp3) is 0.412. The number of carbonyl (C=O) groups is 1. The van der Waals surface area contributed by atoms with Crippen molar-refractivity contribution in [1.82, 2.24) is 15.1 Å². The van der Waals surface area contributed by atoms with Crippen LogP contribution in [0.15, 0.2) is 42.7 Å². The van der Waals surface area contributed by atoms with Gasteiger partial charge in [-0.2, -0.15) is 5.10 Å². The molecule has 1 aromatic carbocycles. The third-order valence-electron chi connectivity index (χ3n) is 4.11. The van der Waals surface area contributed by atoms with Gasteiger partial charge in [-0.3, -0.25) is 9.48 Å². The Morgan fingerprint density at radius 3 is 3.10 bits per heavy atom. The van der Waals surface area contributed by atoms with Crippen molar-refractivity contribution in [2.24, 2.45) is 0 Å². The quantitative estimate of drug-likeness (QED) is 0.857. The number of nitrogens with one attached hydrogen (secondary N) is 1. The predicted octanol–water partition coefficient (Wildman–Crippen LogP) is 2.51. The van der Waals surface area contributed by atoms with Gasteiger partial charge in [-0.15, -0.1) is 0 Å². The van der Waals surface area contributed by atoms with Crippen LogP contribution >= 0.6 is 0 Å². The average molecular weight is 283 g/mol. The normalized spacial score (nSPS) is 17.2. The summed E-state index contributed by atoms with van der Waals surface area (Å²) in [5, 5.41) is 7.23. The van der Waals surface area contributed by atoms with E-state index in [-0.39, 0.29) is 11.8 Å². The molecule has 0 bridgehead atoms. The molecule has 1 N–H and O–H groups in total. The number of aromatic nitrogens is 2. The van der Waals surface area contributed by atoms with Gasteiger partial charge >= 0.3 is 0 Å². The van der Waals surface area contributed by atoms with Gasteiger partial charge < -0.3 is 5.32 Å². The number of amides is 1. The molecule has 1 aromatic heterocycles. The SMILES string of the molecule is O=C(NCCCn1cccn1)[C@@H]1CCCc2ccccc21. The van der Waals surface area contributed by atoms with E-state index in [1.54, 1.807) is 6.20 Å². The summed E-state index contributed by atoms with van der Waals surface area (Å²) in [6.07, 6.45) is 7.78. The number of hydrogen-bond acceptors (Lipinski definition) is 2. The molecule has 1 aliphatic carbocycles. The molecular weight excluding hydrogens is 262 g/mol. The summed E-state index contributed by atoms with van der Waals surface area (Å²) in [5.74, 6) is 0.197. The molecule has 0 saturated heterocycles. The van der Waals surface area contributed by atoms with Crippen LogP contribution in [0.4, 0.5) is 0 Å². The summed E-state index contributed by atoms with van der Waals surface area (Å²) >= 11 is 0. The van der Waals surface area contributed by atoms with E-state index in [0.717, 1.165) is 32.2 Å². The molecule has 1 aliphatic rings. The zero-order valence-electron chi connectivity index (χ0n) is 12.2. The topological polar surface area (TPSA) is 46.9 Å². The first-order chi connectivity index (χ1) is 10.3. The number of nitrogens with zero attached hydrogens (tertiary/aromatic N) is 2. The highest BCUT2D eigenvalue weighted by Crippen LogP contribution is 2.31. The van der Waals surface area contributed by atoms with E-state index in [2.05, 4.69) is 28.6 Å². The van der Waals surface area contributed by atoms with E-state index in [0.29, 0.717) is 6.54 Å². The summed E-state index contributed by atoms with van der Waals surface area (Å²) in [6, 6.07) is 10.2. The largest absolute Gasteiger partial charge is 0.356 e. The summed E-state index contributed by atoms with van der Waals surface area (Å²) in [4.78, 5) is 12.4. The number of hydrogen-bond donors (Lipinski definition) is 1. The van der Waals surface area contributed by atoms with Crippen molar-refractivity contribution in [2.45, 2.75) is 38.1 Å². The Morgan fingerprint density at radius 2 is 2.24 bits per heavy atom. The van der Waals surface area contributed by atoms with Gasteiger partial charge in [0.25, 0.3) is 0 Å². The Morgan fingerprint density at radius 1 is 1.33 bits per heavy atom. The standard InChI is InChI=1S/C17H21N3O/c21-17(18-10-4-12-20-13-5-11-19-20)16-9-3-7-14-6-1-2-8-15(14)16/h1-2,5-6,8,11,13,16H,3-4,7,9-10,12H2,(H,18,21)/t16-/m1/s1. The van der Waals surface area contributed by atoms with Crippen LogP contribution in [0.2, 0.25) is 0 Å². The first-order valence-electron chi connectivity index (χ1n) is 7.67. The molecule has 0 radical (unpaired) electrons. The lowest BCUT2D eigenvalue weighted by molar-refractivity contribution is -0.122. The van der Waals surface area contributed by atoms with Crippen LogP contribution in [0.25, 0.3) is 0 Å². The molecule has 1 atom stereocenters. The Balaban J connectivity index is 1.52. The maximum Gasteiger partial charge on any atom is 0.227 e. The Labute approximate surface area is 125 Å². The smallest absolute Gasteiger partial charge is 0.227 e. The predicted molar refractivity (Wildman–Crippen MR) is 82.0 cm³/mol. The van der Waals surface area contributed by atoms with Crippen LogP contribution in [0, 0.1) is 0 Å². The van der Waals surface area contributed by atoms with E-state index in [9.17, 15) is 4.79 Å². The van der Waals surface area contributed by atoms with Crippen molar-refractivity contribution in [3.05, 3.63) is 53.9 Å². The highest BCUT2D eigenvalue weighted by molar-refractivity contribution is 5.84. The molecule has 0 fully saturated rings. The minimum atomic E-state index is 0.0275. The van der Waals surface area contributed by atoms with E-state index < -0.39 is 0 Å². The maximum absolute atomic E-state index is 12.4. The van der Waals surface area contributed by atoms with Gasteiger partial charge in [0.15, 0.2) is 0 Å². The molecule has 0 aliphatic heterocycles. The molecule has 21 heavy (non-hydrogen) atoms. The highest BCUT2D eigenvalue weighted by Gasteiger charge is 2.25. The second-order valence-corrected chi connectivity index (χ2v) is 5.56. The summed E-state index contributed by atoms with van der Waals surface area (Å²) in [5.41, 5.74) is 2.55. The fourth-order valence-corrected chi connectivity index (χ4v) is 3.03. The maximum atomic E-state index is 12.4. The number of fused-ring (bicyclic) bond motifs is 1. The van der Waals surface area contributed by atoms with Crippen LogP contribution < -0.4 is 5.32 Å². The van der Waals surface area contributed by atoms with Crippen molar-refractivity contribution in [3.63, 3.8) is 0 Å². The highest BCUT2D eigenvalue weighted by atomic mass is 16.1. The Bertz CT molecular complexity index is 592. The van der Waals surface area contributed by atoms with E-state index in [1.165, 1.54) is 11.1 Å². The van der Waals surface area contributed by atoms with E-state index in [4.69, 9.17) is 0 Å². The molecule has 2 aromatic rings. The lowest BCUT2D eigenvalue weighted by Crippen LogP contribution is -2.32. The van der Waals surface area contributed by atoms with Gasteiger partial charge in [0.1, 0.15) is 0 Å². The van der Waals surface area contributed by atoms with Gasteiger partial charge in [0, 0.05) is 25.5 Å². The lowest BCUT2D eigenvalue weighted by atomic mass is 9.82. The molecule has 1 heterocycles. The molecule has 110 valence electrons. The van der Waals surface area contributed by atoms with E-state index >= 15 is 0 Å². The molecule has 0 unspecified atom stereocenters. The third kappa shape index (κ3) is 3.32. The number of rotatable bonds is 5. The van der Waals surface area contributed by atoms with Gasteiger partial charge in [-0.05, 0) is 42.9 Å². The van der Waals surface area contributed by atoms with Gasteiger partial charge in [0.2, 0.25) is 5.91 Å². The van der Waals surface area contributed by atoms with Crippen LogP contribution in [-0.2, 0) is 17.8 Å². The summed E-state index contributed by atoms with van der Waals surface area (Å²) in [6.45, 7) is 1.55. The zero-order chi connectivity index (χ0) is 14.5. The van der Waals surface area contributed by atoms with E-state index in [1.807, 2.05) is 23.0 Å².